The van der Waals surface area contributed by atoms with Crippen molar-refractivity contribution in [2.75, 3.05) is 24.6 Å². The Morgan fingerprint density at radius 3 is 2.35 bits per heavy atom. The molecule has 0 aromatic heterocycles. The van der Waals surface area contributed by atoms with E-state index >= 15 is 0 Å². The van der Waals surface area contributed by atoms with Crippen LogP contribution in [0.1, 0.15) is 37.3 Å². The van der Waals surface area contributed by atoms with E-state index in [0.29, 0.717) is 38.2 Å². The summed E-state index contributed by atoms with van der Waals surface area (Å²) in [5.74, 6) is -0.557. The zero-order chi connectivity index (χ0) is 18.8. The van der Waals surface area contributed by atoms with Gasteiger partial charge in [-0.1, -0.05) is 18.2 Å². The maximum atomic E-state index is 13.0. The van der Waals surface area contributed by atoms with Gasteiger partial charge >= 0.3 is 5.97 Å². The Bertz CT molecular complexity index is 702. The molecule has 2 fully saturated rings. The van der Waals surface area contributed by atoms with Gasteiger partial charge in [0.25, 0.3) is 5.91 Å². The van der Waals surface area contributed by atoms with Gasteiger partial charge in [0.05, 0.1) is 30.7 Å². The van der Waals surface area contributed by atoms with Crippen molar-refractivity contribution in [2.45, 2.75) is 46.1 Å². The number of piperidine rings is 1. The molecule has 2 aliphatic heterocycles. The molecule has 2 amide bonds. The van der Waals surface area contributed by atoms with Gasteiger partial charge in [0.1, 0.15) is 0 Å². The number of nitrogens with zero attached hydrogens (tertiary/aromatic N) is 2. The molecule has 2 saturated heterocycles. The third-order valence-corrected chi connectivity index (χ3v) is 5.38. The lowest BCUT2D eigenvalue weighted by molar-refractivity contribution is -0.149. The summed E-state index contributed by atoms with van der Waals surface area (Å²) < 4.78 is 5.09. The Labute approximate surface area is 154 Å². The van der Waals surface area contributed by atoms with Crippen LogP contribution in [0, 0.1) is 19.8 Å². The maximum absolute atomic E-state index is 13.0. The predicted molar refractivity (Wildman–Crippen MR) is 97.7 cm³/mol. The minimum absolute atomic E-state index is 0.104. The van der Waals surface area contributed by atoms with E-state index in [2.05, 4.69) is 0 Å². The molecular formula is C20H26N2O4. The Kier molecular flexibility index (Phi) is 5.41. The molecular weight excluding hydrogens is 332 g/mol. The summed E-state index contributed by atoms with van der Waals surface area (Å²) in [5.41, 5.74) is 2.56. The summed E-state index contributed by atoms with van der Waals surface area (Å²) in [7, 11) is 0. The normalized spacial score (nSPS) is 22.1. The first-order valence-electron chi connectivity index (χ1n) is 9.27. The molecule has 0 N–H and O–H groups in total. The molecule has 0 saturated carbocycles. The number of ether oxygens (including phenoxy) is 1. The van der Waals surface area contributed by atoms with Crippen molar-refractivity contribution in [2.24, 2.45) is 5.92 Å². The van der Waals surface area contributed by atoms with E-state index in [1.54, 1.807) is 6.92 Å². The van der Waals surface area contributed by atoms with Gasteiger partial charge in [-0.2, -0.15) is 0 Å². The van der Waals surface area contributed by atoms with E-state index in [1.807, 2.05) is 36.9 Å². The molecule has 2 aliphatic rings. The van der Waals surface area contributed by atoms with E-state index in [4.69, 9.17) is 4.74 Å². The van der Waals surface area contributed by atoms with Crippen LogP contribution in [-0.2, 0) is 19.1 Å². The highest BCUT2D eigenvalue weighted by molar-refractivity contribution is 6.23. The first kappa shape index (κ1) is 18.6. The molecule has 1 aromatic rings. The molecule has 6 nitrogen and oxygen atoms in total. The number of hydrogen-bond acceptors (Lipinski definition) is 5. The standard InChI is InChI=1S/C20H26N2O4/c1-4-26-20(25)15-8-10-21(11-9-15)16-12-17(23)22(19(16)24)18-13(2)6-5-7-14(18)3/h5-7,15-16H,4,8-12H2,1-3H3/t16-/m0/s1. The van der Waals surface area contributed by atoms with Crippen molar-refractivity contribution in [3.8, 4) is 0 Å². The van der Waals surface area contributed by atoms with E-state index in [-0.39, 0.29) is 30.1 Å². The van der Waals surface area contributed by atoms with Crippen LogP contribution in [0.4, 0.5) is 5.69 Å². The smallest absolute Gasteiger partial charge is 0.309 e. The molecule has 26 heavy (non-hydrogen) atoms. The second-order valence-electron chi connectivity index (χ2n) is 7.09. The second-order valence-corrected chi connectivity index (χ2v) is 7.09. The first-order chi connectivity index (χ1) is 12.4. The van der Waals surface area contributed by atoms with E-state index in [1.165, 1.54) is 4.90 Å². The van der Waals surface area contributed by atoms with Crippen molar-refractivity contribution < 1.29 is 19.1 Å². The number of rotatable bonds is 4. The first-order valence-corrected chi connectivity index (χ1v) is 9.27. The number of carbonyl (C=O) groups is 3. The van der Waals surface area contributed by atoms with Gasteiger partial charge in [-0.15, -0.1) is 0 Å². The van der Waals surface area contributed by atoms with Crippen LogP contribution in [0.3, 0.4) is 0 Å². The monoisotopic (exact) mass is 358 g/mol. The van der Waals surface area contributed by atoms with Crippen molar-refractivity contribution in [3.05, 3.63) is 29.3 Å². The number of likely N-dealkylation sites (tertiary alicyclic amines) is 1. The molecule has 1 atom stereocenters. The molecule has 1 aromatic carbocycles. The lowest BCUT2D eigenvalue weighted by atomic mass is 9.95. The summed E-state index contributed by atoms with van der Waals surface area (Å²) in [6, 6.07) is 5.34. The third-order valence-electron chi connectivity index (χ3n) is 5.38. The zero-order valence-electron chi connectivity index (χ0n) is 15.7. The fourth-order valence-corrected chi connectivity index (χ4v) is 4.00. The fourth-order valence-electron chi connectivity index (χ4n) is 4.00. The molecule has 0 bridgehead atoms. The molecule has 0 aliphatic carbocycles. The minimum Gasteiger partial charge on any atom is -0.466 e. The van der Waals surface area contributed by atoms with Crippen LogP contribution in [0.15, 0.2) is 18.2 Å². The summed E-state index contributed by atoms with van der Waals surface area (Å²) >= 11 is 0. The van der Waals surface area contributed by atoms with Crippen molar-refractivity contribution in [1.29, 1.82) is 0 Å². The highest BCUT2D eigenvalue weighted by atomic mass is 16.5. The fraction of sp³-hybridized carbons (Fsp3) is 0.550. The minimum atomic E-state index is -0.426. The highest BCUT2D eigenvalue weighted by Crippen LogP contribution is 2.32. The Morgan fingerprint density at radius 1 is 1.15 bits per heavy atom. The SMILES string of the molecule is CCOC(=O)C1CCN([C@H]2CC(=O)N(c3c(C)cccc3C)C2=O)CC1. The molecule has 0 radical (unpaired) electrons. The zero-order valence-corrected chi connectivity index (χ0v) is 15.7. The van der Waals surface area contributed by atoms with Crippen molar-refractivity contribution in [3.63, 3.8) is 0 Å². The van der Waals surface area contributed by atoms with Gasteiger partial charge in [-0.3, -0.25) is 19.3 Å². The third kappa shape index (κ3) is 3.38. The number of anilines is 1. The number of esters is 1. The van der Waals surface area contributed by atoms with Crippen LogP contribution in [0.25, 0.3) is 0 Å². The van der Waals surface area contributed by atoms with Gasteiger partial charge in [-0.25, -0.2) is 4.90 Å². The van der Waals surface area contributed by atoms with E-state index in [0.717, 1.165) is 11.1 Å². The van der Waals surface area contributed by atoms with Gasteiger partial charge in [0, 0.05) is 0 Å². The van der Waals surface area contributed by atoms with Gasteiger partial charge in [0.15, 0.2) is 0 Å². The van der Waals surface area contributed by atoms with Gasteiger partial charge in [0.2, 0.25) is 5.91 Å². The average Bonchev–Trinajstić information content (AvgIpc) is 2.90. The molecule has 0 spiro atoms. The Morgan fingerprint density at radius 2 is 1.77 bits per heavy atom. The van der Waals surface area contributed by atoms with Crippen LogP contribution in [-0.4, -0.2) is 48.4 Å². The number of carbonyl (C=O) groups excluding carboxylic acids is 3. The van der Waals surface area contributed by atoms with E-state index in [9.17, 15) is 14.4 Å². The number of aryl methyl sites for hydroxylation is 2. The van der Waals surface area contributed by atoms with Crippen LogP contribution < -0.4 is 4.90 Å². The molecule has 0 unspecified atom stereocenters. The average molecular weight is 358 g/mol. The lowest BCUT2D eigenvalue weighted by Crippen LogP contribution is -2.47. The second kappa shape index (κ2) is 7.58. The summed E-state index contributed by atoms with van der Waals surface area (Å²) in [6.45, 7) is 7.29. The largest absolute Gasteiger partial charge is 0.466 e. The number of imide groups is 1. The summed E-state index contributed by atoms with van der Waals surface area (Å²) in [5, 5.41) is 0. The number of amides is 2. The summed E-state index contributed by atoms with van der Waals surface area (Å²) in [6.07, 6.45) is 1.54. The topological polar surface area (TPSA) is 66.9 Å². The van der Waals surface area contributed by atoms with Crippen molar-refractivity contribution in [1.82, 2.24) is 4.90 Å². The molecule has 3 rings (SSSR count). The molecule has 6 heteroatoms. The van der Waals surface area contributed by atoms with Gasteiger partial charge in [-0.05, 0) is 57.8 Å². The van der Waals surface area contributed by atoms with E-state index < -0.39 is 6.04 Å². The van der Waals surface area contributed by atoms with Gasteiger partial charge < -0.3 is 4.74 Å². The predicted octanol–water partition coefficient (Wildman–Crippen LogP) is 2.21. The Balaban J connectivity index is 1.71. The number of benzene rings is 1. The van der Waals surface area contributed by atoms with Crippen LogP contribution in [0.5, 0.6) is 0 Å². The Hall–Kier alpha value is -2.21. The molecule has 140 valence electrons. The van der Waals surface area contributed by atoms with Crippen molar-refractivity contribution >= 4 is 23.5 Å². The lowest BCUT2D eigenvalue weighted by Gasteiger charge is -2.33. The van der Waals surface area contributed by atoms with Crippen LogP contribution in [0.2, 0.25) is 0 Å². The number of hydrogen-bond donors (Lipinski definition) is 0. The quantitative estimate of drug-likeness (QED) is 0.610. The summed E-state index contributed by atoms with van der Waals surface area (Å²) in [4.78, 5) is 40.9. The van der Waals surface area contributed by atoms with Crippen LogP contribution >= 0.6 is 0 Å². The number of para-hydroxylation sites is 1. The molecule has 2 heterocycles. The maximum Gasteiger partial charge on any atom is 0.309 e. The highest BCUT2D eigenvalue weighted by Gasteiger charge is 2.44.